The van der Waals surface area contributed by atoms with Crippen LogP contribution < -0.4 is 10.6 Å². The van der Waals surface area contributed by atoms with Gasteiger partial charge in [-0.15, -0.1) is 0 Å². The summed E-state index contributed by atoms with van der Waals surface area (Å²) in [4.78, 5) is 11.5. The van der Waals surface area contributed by atoms with Gasteiger partial charge in [0.25, 0.3) is 0 Å². The summed E-state index contributed by atoms with van der Waals surface area (Å²) in [6, 6.07) is 7.07. The van der Waals surface area contributed by atoms with Gasteiger partial charge in [0.15, 0.2) is 5.96 Å². The maximum absolute atomic E-state index is 6.04. The normalized spacial score (nSPS) is 31.0. The van der Waals surface area contributed by atoms with Crippen LogP contribution in [0, 0.1) is 11.3 Å². The smallest absolute Gasteiger partial charge is 0.191 e. The molecule has 1 aromatic rings. The summed E-state index contributed by atoms with van der Waals surface area (Å²) in [5, 5.41) is 7.40. The summed E-state index contributed by atoms with van der Waals surface area (Å²) >= 11 is 0. The highest BCUT2D eigenvalue weighted by molar-refractivity contribution is 5.80. The van der Waals surface area contributed by atoms with Gasteiger partial charge in [-0.2, -0.15) is 0 Å². The third-order valence-corrected chi connectivity index (χ3v) is 6.89. The van der Waals surface area contributed by atoms with Crippen molar-refractivity contribution in [3.63, 3.8) is 0 Å². The first-order valence-electron chi connectivity index (χ1n) is 10.8. The molecular weight excluding hydrogens is 350 g/mol. The predicted octanol–water partition coefficient (Wildman–Crippen LogP) is 2.41. The van der Waals surface area contributed by atoms with E-state index >= 15 is 0 Å². The molecule has 6 nitrogen and oxygen atoms in total. The first kappa shape index (κ1) is 19.6. The van der Waals surface area contributed by atoms with E-state index < -0.39 is 0 Å². The maximum atomic E-state index is 6.04. The Morgan fingerprint density at radius 1 is 1.25 bits per heavy atom. The van der Waals surface area contributed by atoms with Gasteiger partial charge in [0.1, 0.15) is 0 Å². The molecule has 1 aliphatic carbocycles. The molecule has 3 heterocycles. The highest BCUT2D eigenvalue weighted by Gasteiger charge is 2.58. The topological polar surface area (TPSA) is 61.8 Å². The van der Waals surface area contributed by atoms with Gasteiger partial charge in [-0.05, 0) is 37.8 Å². The molecule has 1 saturated carbocycles. The SMILES string of the molecule is CN=C(NC1CCN(Cc2ccccn2)CC1)NC1C2CCCOC2C1(C)C. The van der Waals surface area contributed by atoms with E-state index in [1.807, 2.05) is 19.3 Å². The van der Waals surface area contributed by atoms with Crippen LogP contribution in [0.25, 0.3) is 0 Å². The van der Waals surface area contributed by atoms with Gasteiger partial charge < -0.3 is 15.4 Å². The van der Waals surface area contributed by atoms with Crippen molar-refractivity contribution in [1.82, 2.24) is 20.5 Å². The predicted molar refractivity (Wildman–Crippen MR) is 112 cm³/mol. The standard InChI is InChI=1S/C22H35N5O/c1-22(2)19(18-8-6-14-28-20(18)22)26-21(23-3)25-16-9-12-27(13-10-16)15-17-7-4-5-11-24-17/h4-5,7,11,16,18-20H,6,8-10,12-15H2,1-3H3,(H2,23,25,26). The minimum atomic E-state index is 0.161. The minimum Gasteiger partial charge on any atom is -0.377 e. The zero-order chi connectivity index (χ0) is 19.6. The van der Waals surface area contributed by atoms with E-state index in [0.717, 1.165) is 50.7 Å². The van der Waals surface area contributed by atoms with Crippen molar-refractivity contribution >= 4 is 5.96 Å². The Morgan fingerprint density at radius 2 is 2.07 bits per heavy atom. The number of piperidine rings is 1. The number of nitrogens with zero attached hydrogens (tertiary/aromatic N) is 3. The third kappa shape index (κ3) is 4.03. The lowest BCUT2D eigenvalue weighted by Crippen LogP contribution is -2.71. The van der Waals surface area contributed by atoms with Crippen molar-refractivity contribution in [2.75, 3.05) is 26.7 Å². The Hall–Kier alpha value is -1.66. The zero-order valence-electron chi connectivity index (χ0n) is 17.5. The van der Waals surface area contributed by atoms with E-state index in [-0.39, 0.29) is 5.41 Å². The number of aliphatic imine (C=N–C) groups is 1. The summed E-state index contributed by atoms with van der Waals surface area (Å²) in [5.41, 5.74) is 1.32. The number of rotatable bonds is 4. The molecule has 2 aliphatic heterocycles. The van der Waals surface area contributed by atoms with Crippen LogP contribution >= 0.6 is 0 Å². The molecule has 3 fully saturated rings. The molecule has 3 unspecified atom stereocenters. The number of hydrogen-bond donors (Lipinski definition) is 2. The molecule has 0 radical (unpaired) electrons. The Balaban J connectivity index is 1.26. The van der Waals surface area contributed by atoms with Crippen LogP contribution in [0.5, 0.6) is 0 Å². The lowest BCUT2D eigenvalue weighted by atomic mass is 9.55. The molecule has 28 heavy (non-hydrogen) atoms. The van der Waals surface area contributed by atoms with Crippen LogP contribution in [0.4, 0.5) is 0 Å². The number of likely N-dealkylation sites (tertiary alicyclic amines) is 1. The number of guanidine groups is 1. The molecule has 3 aliphatic rings. The highest BCUT2D eigenvalue weighted by Crippen LogP contribution is 2.51. The van der Waals surface area contributed by atoms with Crippen LogP contribution in [0.1, 0.15) is 45.2 Å². The van der Waals surface area contributed by atoms with E-state index in [2.05, 4.69) is 51.5 Å². The third-order valence-electron chi connectivity index (χ3n) is 6.89. The highest BCUT2D eigenvalue weighted by atomic mass is 16.5. The molecule has 2 saturated heterocycles. The van der Waals surface area contributed by atoms with Gasteiger partial charge in [-0.25, -0.2) is 0 Å². The Morgan fingerprint density at radius 3 is 2.79 bits per heavy atom. The molecule has 4 rings (SSSR count). The summed E-state index contributed by atoms with van der Waals surface area (Å²) < 4.78 is 6.04. The number of hydrogen-bond acceptors (Lipinski definition) is 4. The summed E-state index contributed by atoms with van der Waals surface area (Å²) in [5.74, 6) is 1.56. The van der Waals surface area contributed by atoms with E-state index in [0.29, 0.717) is 24.1 Å². The van der Waals surface area contributed by atoms with Crippen molar-refractivity contribution in [3.8, 4) is 0 Å². The van der Waals surface area contributed by atoms with Crippen molar-refractivity contribution in [2.24, 2.45) is 16.3 Å². The first-order valence-corrected chi connectivity index (χ1v) is 10.8. The van der Waals surface area contributed by atoms with Gasteiger partial charge in [0.2, 0.25) is 0 Å². The van der Waals surface area contributed by atoms with Crippen molar-refractivity contribution in [2.45, 2.75) is 64.3 Å². The van der Waals surface area contributed by atoms with Crippen molar-refractivity contribution in [1.29, 1.82) is 0 Å². The van der Waals surface area contributed by atoms with E-state index in [9.17, 15) is 0 Å². The number of fused-ring (bicyclic) bond motifs is 1. The van der Waals surface area contributed by atoms with E-state index in [4.69, 9.17) is 4.74 Å². The van der Waals surface area contributed by atoms with Gasteiger partial charge in [0, 0.05) is 62.9 Å². The number of ether oxygens (including phenoxy) is 1. The Kier molecular flexibility index (Phi) is 5.88. The fourth-order valence-electron chi connectivity index (χ4n) is 5.28. The van der Waals surface area contributed by atoms with Crippen LogP contribution in [-0.4, -0.2) is 60.8 Å². The summed E-state index contributed by atoms with van der Waals surface area (Å²) in [6.07, 6.45) is 6.98. The average Bonchev–Trinajstić information content (AvgIpc) is 2.73. The molecular formula is C22H35N5O. The monoisotopic (exact) mass is 385 g/mol. The molecule has 0 spiro atoms. The van der Waals surface area contributed by atoms with E-state index in [1.165, 1.54) is 12.8 Å². The zero-order valence-corrected chi connectivity index (χ0v) is 17.5. The second kappa shape index (κ2) is 8.37. The van der Waals surface area contributed by atoms with Crippen molar-refractivity contribution < 1.29 is 4.74 Å². The van der Waals surface area contributed by atoms with Gasteiger partial charge in [-0.1, -0.05) is 19.9 Å². The fourth-order valence-corrected chi connectivity index (χ4v) is 5.28. The molecule has 3 atom stereocenters. The number of nitrogens with one attached hydrogen (secondary N) is 2. The quantitative estimate of drug-likeness (QED) is 0.616. The van der Waals surface area contributed by atoms with Crippen molar-refractivity contribution in [3.05, 3.63) is 30.1 Å². The number of aromatic nitrogens is 1. The largest absolute Gasteiger partial charge is 0.377 e. The molecule has 6 heteroatoms. The van der Waals surface area contributed by atoms with Crippen LogP contribution in [0.3, 0.4) is 0 Å². The Labute approximate surface area is 169 Å². The summed E-state index contributed by atoms with van der Waals surface area (Å²) in [6.45, 7) is 8.69. The van der Waals surface area contributed by atoms with Gasteiger partial charge >= 0.3 is 0 Å². The molecule has 0 bridgehead atoms. The lowest BCUT2D eigenvalue weighted by molar-refractivity contribution is -0.188. The second-order valence-corrected chi connectivity index (χ2v) is 9.13. The maximum Gasteiger partial charge on any atom is 0.191 e. The van der Waals surface area contributed by atoms with Gasteiger partial charge in [-0.3, -0.25) is 14.9 Å². The molecule has 0 amide bonds. The molecule has 2 N–H and O–H groups in total. The van der Waals surface area contributed by atoms with E-state index in [1.54, 1.807) is 0 Å². The fraction of sp³-hybridized carbons (Fsp3) is 0.727. The van der Waals surface area contributed by atoms with Crippen LogP contribution in [-0.2, 0) is 11.3 Å². The minimum absolute atomic E-state index is 0.161. The molecule has 0 aromatic carbocycles. The molecule has 154 valence electrons. The Bertz CT molecular complexity index is 669. The van der Waals surface area contributed by atoms with Crippen LogP contribution in [0.2, 0.25) is 0 Å². The number of pyridine rings is 1. The molecule has 1 aromatic heterocycles. The summed E-state index contributed by atoms with van der Waals surface area (Å²) in [7, 11) is 1.88. The van der Waals surface area contributed by atoms with Crippen LogP contribution in [0.15, 0.2) is 29.4 Å². The first-order chi connectivity index (χ1) is 13.6. The lowest BCUT2D eigenvalue weighted by Gasteiger charge is -2.60. The second-order valence-electron chi connectivity index (χ2n) is 9.13. The average molecular weight is 386 g/mol. The van der Waals surface area contributed by atoms with Gasteiger partial charge in [0.05, 0.1) is 11.8 Å².